The molecule has 0 aromatic heterocycles. The molecule has 0 saturated carbocycles. The van der Waals surface area contributed by atoms with Crippen LogP contribution in [-0.4, -0.2) is 24.5 Å². The summed E-state index contributed by atoms with van der Waals surface area (Å²) in [6.07, 6.45) is 1.83. The van der Waals surface area contributed by atoms with Crippen molar-refractivity contribution in [2.75, 3.05) is 11.9 Å². The molecule has 0 radical (unpaired) electrons. The molecule has 1 fully saturated rings. The Kier molecular flexibility index (Phi) is 6.02. The molecule has 0 unspecified atom stereocenters. The van der Waals surface area contributed by atoms with Gasteiger partial charge in [0.05, 0.1) is 12.5 Å². The summed E-state index contributed by atoms with van der Waals surface area (Å²) < 4.78 is 5.87. The fourth-order valence-electron chi connectivity index (χ4n) is 3.25. The normalized spacial score (nSPS) is 19.6. The van der Waals surface area contributed by atoms with Crippen molar-refractivity contribution in [1.29, 1.82) is 0 Å². The fourth-order valence-corrected chi connectivity index (χ4v) is 3.25. The lowest BCUT2D eigenvalue weighted by Crippen LogP contribution is -2.38. The maximum Gasteiger partial charge on any atom is 0.228 e. The average molecular weight is 352 g/mol. The largest absolute Gasteiger partial charge is 0.373 e. The first-order valence-corrected chi connectivity index (χ1v) is 8.92. The van der Waals surface area contributed by atoms with Crippen molar-refractivity contribution >= 4 is 17.5 Å². The van der Waals surface area contributed by atoms with Crippen molar-refractivity contribution in [3.8, 4) is 0 Å². The molecular weight excluding hydrogens is 328 g/mol. The number of amides is 2. The van der Waals surface area contributed by atoms with Gasteiger partial charge in [0.1, 0.15) is 0 Å². The van der Waals surface area contributed by atoms with Crippen LogP contribution < -0.4 is 10.6 Å². The third-order valence-electron chi connectivity index (χ3n) is 4.44. The monoisotopic (exact) mass is 352 g/mol. The van der Waals surface area contributed by atoms with Crippen molar-refractivity contribution in [2.45, 2.75) is 38.3 Å². The lowest BCUT2D eigenvalue weighted by atomic mass is 9.97. The van der Waals surface area contributed by atoms with Gasteiger partial charge in [0.25, 0.3) is 0 Å². The highest BCUT2D eigenvalue weighted by molar-refractivity contribution is 5.92. The van der Waals surface area contributed by atoms with Crippen LogP contribution in [0.4, 0.5) is 5.69 Å². The van der Waals surface area contributed by atoms with Crippen molar-refractivity contribution in [1.82, 2.24) is 5.32 Å². The molecule has 1 aliphatic rings. The van der Waals surface area contributed by atoms with Gasteiger partial charge in [-0.15, -0.1) is 0 Å². The van der Waals surface area contributed by atoms with E-state index in [2.05, 4.69) is 10.6 Å². The summed E-state index contributed by atoms with van der Waals surface area (Å²) in [5, 5.41) is 5.92. The Labute approximate surface area is 153 Å². The number of carbonyl (C=O) groups is 2. The molecule has 2 aromatic rings. The number of anilines is 1. The summed E-state index contributed by atoms with van der Waals surface area (Å²) in [5.41, 5.74) is 2.75. The first kappa shape index (κ1) is 18.1. The van der Waals surface area contributed by atoms with E-state index in [4.69, 9.17) is 4.74 Å². The van der Waals surface area contributed by atoms with Crippen LogP contribution in [0, 0.1) is 0 Å². The van der Waals surface area contributed by atoms with Crippen LogP contribution in [0.3, 0.4) is 0 Å². The Morgan fingerprint density at radius 2 is 1.92 bits per heavy atom. The van der Waals surface area contributed by atoms with E-state index in [1.54, 1.807) is 0 Å². The lowest BCUT2D eigenvalue weighted by molar-refractivity contribution is -0.120. The average Bonchev–Trinajstić information content (AvgIpc) is 2.62. The first-order valence-electron chi connectivity index (χ1n) is 8.92. The third kappa shape index (κ3) is 5.17. The maximum atomic E-state index is 12.3. The molecule has 2 atom stereocenters. The van der Waals surface area contributed by atoms with Gasteiger partial charge in [0.2, 0.25) is 11.8 Å². The first-order chi connectivity index (χ1) is 12.6. The topological polar surface area (TPSA) is 67.4 Å². The SMILES string of the molecule is CC(=O)N[C@H]1CCO[C@@H](c2cccc(NC(=O)Cc3ccccc3)c2)C1. The minimum atomic E-state index is -0.0772. The van der Waals surface area contributed by atoms with E-state index in [-0.39, 0.29) is 24.0 Å². The van der Waals surface area contributed by atoms with Crippen LogP contribution in [0.15, 0.2) is 54.6 Å². The van der Waals surface area contributed by atoms with Crippen LogP contribution in [0.1, 0.15) is 37.0 Å². The van der Waals surface area contributed by atoms with Crippen molar-refractivity contribution in [3.63, 3.8) is 0 Å². The van der Waals surface area contributed by atoms with E-state index in [0.717, 1.165) is 29.7 Å². The Bertz CT molecular complexity index is 761. The number of benzene rings is 2. The molecule has 2 N–H and O–H groups in total. The van der Waals surface area contributed by atoms with Gasteiger partial charge in [-0.05, 0) is 36.1 Å². The smallest absolute Gasteiger partial charge is 0.228 e. The second kappa shape index (κ2) is 8.63. The predicted molar refractivity (Wildman–Crippen MR) is 101 cm³/mol. The van der Waals surface area contributed by atoms with Crippen LogP contribution in [-0.2, 0) is 20.7 Å². The van der Waals surface area contributed by atoms with Crippen molar-refractivity contribution < 1.29 is 14.3 Å². The van der Waals surface area contributed by atoms with Crippen LogP contribution >= 0.6 is 0 Å². The second-order valence-corrected chi connectivity index (χ2v) is 6.62. The zero-order valence-electron chi connectivity index (χ0n) is 14.9. The van der Waals surface area contributed by atoms with Gasteiger partial charge >= 0.3 is 0 Å². The van der Waals surface area contributed by atoms with E-state index in [0.29, 0.717) is 13.0 Å². The molecule has 0 aliphatic carbocycles. The van der Waals surface area contributed by atoms with Crippen LogP contribution in [0.5, 0.6) is 0 Å². The Morgan fingerprint density at radius 1 is 1.12 bits per heavy atom. The number of hydrogen-bond acceptors (Lipinski definition) is 3. The third-order valence-corrected chi connectivity index (χ3v) is 4.44. The van der Waals surface area contributed by atoms with Gasteiger partial charge < -0.3 is 15.4 Å². The van der Waals surface area contributed by atoms with E-state index in [9.17, 15) is 9.59 Å². The summed E-state index contributed by atoms with van der Waals surface area (Å²) in [6, 6.07) is 17.5. The molecule has 2 amide bonds. The number of carbonyl (C=O) groups excluding carboxylic acids is 2. The summed E-state index contributed by atoms with van der Waals surface area (Å²) in [7, 11) is 0. The predicted octanol–water partition coefficient (Wildman–Crippen LogP) is 3.22. The number of ether oxygens (including phenoxy) is 1. The molecule has 26 heavy (non-hydrogen) atoms. The minimum absolute atomic E-state index is 0.0161. The number of nitrogens with one attached hydrogen (secondary N) is 2. The van der Waals surface area contributed by atoms with Gasteiger partial charge in [0.15, 0.2) is 0 Å². The molecule has 1 aliphatic heterocycles. The zero-order chi connectivity index (χ0) is 18.4. The highest BCUT2D eigenvalue weighted by Gasteiger charge is 2.24. The highest BCUT2D eigenvalue weighted by Crippen LogP contribution is 2.29. The summed E-state index contributed by atoms with van der Waals surface area (Å²) in [5.74, 6) is -0.0633. The maximum absolute atomic E-state index is 12.3. The summed E-state index contributed by atoms with van der Waals surface area (Å²) >= 11 is 0. The molecule has 0 spiro atoms. The van der Waals surface area contributed by atoms with Gasteiger partial charge in [0, 0.05) is 25.3 Å². The van der Waals surface area contributed by atoms with Gasteiger partial charge in [-0.3, -0.25) is 9.59 Å². The highest BCUT2D eigenvalue weighted by atomic mass is 16.5. The van der Waals surface area contributed by atoms with E-state index in [1.165, 1.54) is 6.92 Å². The van der Waals surface area contributed by atoms with Crippen molar-refractivity contribution in [2.24, 2.45) is 0 Å². The summed E-state index contributed by atoms with van der Waals surface area (Å²) in [6.45, 7) is 2.15. The molecule has 136 valence electrons. The standard InChI is InChI=1S/C21H24N2O3/c1-15(24)22-19-10-11-26-20(14-19)17-8-5-9-18(13-17)23-21(25)12-16-6-3-2-4-7-16/h2-9,13,19-20H,10-12,14H2,1H3,(H,22,24)(H,23,25)/t19-,20+/m0/s1. The molecule has 5 nitrogen and oxygen atoms in total. The molecule has 0 bridgehead atoms. The molecular formula is C21H24N2O3. The fraction of sp³-hybridized carbons (Fsp3) is 0.333. The Hall–Kier alpha value is -2.66. The quantitative estimate of drug-likeness (QED) is 0.868. The summed E-state index contributed by atoms with van der Waals surface area (Å²) in [4.78, 5) is 23.5. The number of hydrogen-bond donors (Lipinski definition) is 2. The lowest BCUT2D eigenvalue weighted by Gasteiger charge is -2.30. The molecule has 2 aromatic carbocycles. The number of rotatable bonds is 5. The van der Waals surface area contributed by atoms with E-state index < -0.39 is 0 Å². The zero-order valence-corrected chi connectivity index (χ0v) is 14.9. The van der Waals surface area contributed by atoms with E-state index in [1.807, 2.05) is 54.6 Å². The van der Waals surface area contributed by atoms with Gasteiger partial charge in [-0.2, -0.15) is 0 Å². The molecule has 1 heterocycles. The van der Waals surface area contributed by atoms with Crippen molar-refractivity contribution in [3.05, 3.63) is 65.7 Å². The minimum Gasteiger partial charge on any atom is -0.373 e. The Morgan fingerprint density at radius 3 is 2.69 bits per heavy atom. The van der Waals surface area contributed by atoms with E-state index >= 15 is 0 Å². The molecule has 5 heteroatoms. The Balaban J connectivity index is 1.62. The van der Waals surface area contributed by atoms with Crippen LogP contribution in [0.25, 0.3) is 0 Å². The molecule has 1 saturated heterocycles. The van der Waals surface area contributed by atoms with Gasteiger partial charge in [-0.25, -0.2) is 0 Å². The molecule has 3 rings (SSSR count). The van der Waals surface area contributed by atoms with Gasteiger partial charge in [-0.1, -0.05) is 42.5 Å². The second-order valence-electron chi connectivity index (χ2n) is 6.62. The van der Waals surface area contributed by atoms with Crippen LogP contribution in [0.2, 0.25) is 0 Å².